The third kappa shape index (κ3) is 6.45. The Balaban J connectivity index is 1.25. The summed E-state index contributed by atoms with van der Waals surface area (Å²) in [4.78, 5) is 18.8. The van der Waals surface area contributed by atoms with Crippen molar-refractivity contribution in [2.24, 2.45) is 5.92 Å². The van der Waals surface area contributed by atoms with Gasteiger partial charge >= 0.3 is 6.03 Å². The fraction of sp³-hybridized carbons (Fsp3) is 0.286. The van der Waals surface area contributed by atoms with Crippen LogP contribution >= 0.6 is 0 Å². The number of carbonyl (C=O) groups is 1. The molecular formula is C28H31N3O2. The number of hydrogen-bond acceptors (Lipinski definition) is 3. The van der Waals surface area contributed by atoms with Gasteiger partial charge in [0.1, 0.15) is 5.75 Å². The maximum Gasteiger partial charge on any atom is 0.317 e. The Bertz CT molecular complexity index is 1060. The molecule has 2 fully saturated rings. The molecule has 2 atom stereocenters. The van der Waals surface area contributed by atoms with Crippen molar-refractivity contribution in [1.82, 2.24) is 15.2 Å². The van der Waals surface area contributed by atoms with Crippen LogP contribution in [-0.4, -0.2) is 35.0 Å². The van der Waals surface area contributed by atoms with Gasteiger partial charge in [-0.15, -0.1) is 0 Å². The predicted octanol–water partition coefficient (Wildman–Crippen LogP) is 6.14. The number of urea groups is 1. The van der Waals surface area contributed by atoms with Crippen LogP contribution in [0.5, 0.6) is 11.6 Å². The second-order valence-electron chi connectivity index (χ2n) is 8.49. The van der Waals surface area contributed by atoms with E-state index in [1.54, 1.807) is 6.20 Å². The van der Waals surface area contributed by atoms with E-state index in [2.05, 4.69) is 29.0 Å². The zero-order valence-corrected chi connectivity index (χ0v) is 19.1. The predicted molar refractivity (Wildman–Crippen MR) is 133 cm³/mol. The molecule has 2 amide bonds. The minimum atomic E-state index is 0.0394. The summed E-state index contributed by atoms with van der Waals surface area (Å²) in [6.45, 7) is 7.60. The van der Waals surface area contributed by atoms with E-state index in [0.717, 1.165) is 49.2 Å². The lowest BCUT2D eigenvalue weighted by atomic mass is 10.0. The summed E-state index contributed by atoms with van der Waals surface area (Å²) in [6, 6.07) is 13.9. The number of likely N-dealkylation sites (tertiary alicyclic amines) is 1. The molecule has 0 spiro atoms. The summed E-state index contributed by atoms with van der Waals surface area (Å²) in [5, 5.41) is 3.17. The summed E-state index contributed by atoms with van der Waals surface area (Å²) in [5.41, 5.74) is 3.53. The van der Waals surface area contributed by atoms with Crippen molar-refractivity contribution < 1.29 is 9.53 Å². The number of rotatable bonds is 7. The number of nitrogens with one attached hydrogen (secondary N) is 1. The van der Waals surface area contributed by atoms with Crippen molar-refractivity contribution in [2.45, 2.75) is 32.2 Å². The number of ether oxygens (including phenoxy) is 1. The van der Waals surface area contributed by atoms with Gasteiger partial charge in [-0.3, -0.25) is 0 Å². The molecule has 2 unspecified atom stereocenters. The zero-order chi connectivity index (χ0) is 23.0. The van der Waals surface area contributed by atoms with E-state index in [-0.39, 0.29) is 12.1 Å². The zero-order valence-electron chi connectivity index (χ0n) is 19.1. The summed E-state index contributed by atoms with van der Waals surface area (Å²) in [5.74, 6) is 1.70. The number of nitrogens with zero attached hydrogens (tertiary/aromatic N) is 2. The third-order valence-corrected chi connectivity index (χ3v) is 5.97. The molecule has 1 N–H and O–H groups in total. The van der Waals surface area contributed by atoms with Crippen LogP contribution < -0.4 is 10.1 Å². The summed E-state index contributed by atoms with van der Waals surface area (Å²) >= 11 is 0. The van der Waals surface area contributed by atoms with E-state index < -0.39 is 0 Å². The van der Waals surface area contributed by atoms with E-state index in [9.17, 15) is 4.79 Å². The molecule has 1 aliphatic carbocycles. The van der Waals surface area contributed by atoms with E-state index in [1.807, 2.05) is 72.5 Å². The smallest absolute Gasteiger partial charge is 0.317 e. The highest BCUT2D eigenvalue weighted by atomic mass is 16.5. The van der Waals surface area contributed by atoms with E-state index >= 15 is 0 Å². The number of aromatic nitrogens is 1. The molecule has 1 aromatic carbocycles. The minimum Gasteiger partial charge on any atom is -0.439 e. The Morgan fingerprint density at radius 2 is 2.03 bits per heavy atom. The van der Waals surface area contributed by atoms with E-state index in [0.29, 0.717) is 11.8 Å². The summed E-state index contributed by atoms with van der Waals surface area (Å²) in [6.07, 6.45) is 14.7. The van der Waals surface area contributed by atoms with Gasteiger partial charge < -0.3 is 15.0 Å². The lowest BCUT2D eigenvalue weighted by Gasteiger charge is -2.28. The quantitative estimate of drug-likeness (QED) is 0.525. The van der Waals surface area contributed by atoms with Crippen LogP contribution in [0.4, 0.5) is 4.79 Å². The van der Waals surface area contributed by atoms with Crippen LogP contribution in [-0.2, 0) is 0 Å². The first kappa shape index (κ1) is 22.6. The molecule has 4 rings (SSSR count). The van der Waals surface area contributed by atoms with Crippen LogP contribution in [0.15, 0.2) is 90.7 Å². The van der Waals surface area contributed by atoms with Gasteiger partial charge in [0.2, 0.25) is 5.88 Å². The first-order valence-electron chi connectivity index (χ1n) is 11.5. The molecule has 0 radical (unpaired) electrons. The Hall–Kier alpha value is -3.60. The second kappa shape index (κ2) is 10.8. The number of benzene rings is 1. The number of hydrogen-bond donors (Lipinski definition) is 1. The average molecular weight is 442 g/mol. The Morgan fingerprint density at radius 3 is 2.79 bits per heavy atom. The molecule has 33 heavy (non-hydrogen) atoms. The number of pyridine rings is 1. The lowest BCUT2D eigenvalue weighted by Crippen LogP contribution is -2.44. The highest BCUT2D eigenvalue weighted by molar-refractivity contribution is 5.75. The molecule has 1 aromatic heterocycles. The fourth-order valence-electron chi connectivity index (χ4n) is 4.00. The number of piperidine rings is 1. The molecule has 2 aromatic rings. The van der Waals surface area contributed by atoms with Gasteiger partial charge in [0.25, 0.3) is 0 Å². The maximum absolute atomic E-state index is 12.7. The molecule has 2 aliphatic rings. The minimum absolute atomic E-state index is 0.0394. The van der Waals surface area contributed by atoms with Crippen LogP contribution in [0.2, 0.25) is 0 Å². The van der Waals surface area contributed by atoms with Gasteiger partial charge in [-0.25, -0.2) is 9.78 Å². The molecule has 0 bridgehead atoms. The second-order valence-corrected chi connectivity index (χ2v) is 8.49. The normalized spacial score (nSPS) is 20.2. The lowest BCUT2D eigenvalue weighted by molar-refractivity contribution is 0.193. The Labute approximate surface area is 196 Å². The van der Waals surface area contributed by atoms with Crippen LogP contribution in [0.25, 0.3) is 6.08 Å². The van der Waals surface area contributed by atoms with Crippen molar-refractivity contribution in [3.05, 3.63) is 96.3 Å². The molecule has 5 heteroatoms. The highest BCUT2D eigenvalue weighted by Gasteiger charge is 2.40. The van der Waals surface area contributed by atoms with Gasteiger partial charge in [-0.05, 0) is 55.5 Å². The summed E-state index contributed by atoms with van der Waals surface area (Å²) in [7, 11) is 0. The van der Waals surface area contributed by atoms with Crippen molar-refractivity contribution in [2.75, 3.05) is 13.1 Å². The molecular weight excluding hydrogens is 410 g/mol. The number of carbonyl (C=O) groups excluding carboxylic acids is 1. The first-order chi connectivity index (χ1) is 16.1. The molecule has 5 nitrogen and oxygen atoms in total. The van der Waals surface area contributed by atoms with E-state index in [4.69, 9.17) is 4.74 Å². The Morgan fingerprint density at radius 1 is 1.18 bits per heavy atom. The van der Waals surface area contributed by atoms with Gasteiger partial charge in [-0.1, -0.05) is 60.7 Å². The monoisotopic (exact) mass is 441 g/mol. The van der Waals surface area contributed by atoms with Gasteiger partial charge in [0, 0.05) is 37.3 Å². The van der Waals surface area contributed by atoms with Crippen molar-refractivity contribution in [3.8, 4) is 11.6 Å². The average Bonchev–Trinajstić information content (AvgIpc) is 3.60. The molecule has 2 heterocycles. The van der Waals surface area contributed by atoms with Crippen molar-refractivity contribution in [3.63, 3.8) is 0 Å². The SMILES string of the molecule is C=C(/C=C\C=C/C)C1CC1NC(=O)N1CCC(=Cc2cccc(Oc3ccccn3)c2)CC1. The fourth-order valence-corrected chi connectivity index (χ4v) is 4.00. The number of allylic oxidation sites excluding steroid dienone is 4. The molecule has 1 aliphatic heterocycles. The largest absolute Gasteiger partial charge is 0.439 e. The van der Waals surface area contributed by atoms with Crippen molar-refractivity contribution >= 4 is 12.1 Å². The van der Waals surface area contributed by atoms with Crippen LogP contribution in [0.1, 0.15) is 31.7 Å². The molecule has 170 valence electrons. The molecule has 1 saturated heterocycles. The Kier molecular flexibility index (Phi) is 7.40. The summed E-state index contributed by atoms with van der Waals surface area (Å²) < 4.78 is 5.84. The molecule has 1 saturated carbocycles. The van der Waals surface area contributed by atoms with Gasteiger partial charge in [0.05, 0.1) is 0 Å². The van der Waals surface area contributed by atoms with E-state index in [1.165, 1.54) is 5.57 Å². The first-order valence-corrected chi connectivity index (χ1v) is 11.5. The highest BCUT2D eigenvalue weighted by Crippen LogP contribution is 2.37. The number of amides is 2. The topological polar surface area (TPSA) is 54.5 Å². The van der Waals surface area contributed by atoms with Crippen molar-refractivity contribution in [1.29, 1.82) is 0 Å². The van der Waals surface area contributed by atoms with Crippen LogP contribution in [0, 0.1) is 5.92 Å². The standard InChI is InChI=1S/C28H31N3O2/c1-3-4-5-9-21(2)25-20-26(25)30-28(32)31-16-13-22(14-17-31)18-23-10-8-11-24(19-23)33-27-12-6-7-15-29-27/h3-12,15,18-19,25-26H,2,13-14,16-17,20H2,1H3,(H,30,32)/b4-3-,9-5-. The third-order valence-electron chi connectivity index (χ3n) is 5.97. The van der Waals surface area contributed by atoms with Gasteiger partial charge in [0.15, 0.2) is 0 Å². The van der Waals surface area contributed by atoms with Gasteiger partial charge in [-0.2, -0.15) is 0 Å². The maximum atomic E-state index is 12.7. The van der Waals surface area contributed by atoms with Crippen LogP contribution in [0.3, 0.4) is 0 Å².